The quantitative estimate of drug-likeness (QED) is 0.453. The van der Waals surface area contributed by atoms with Crippen molar-refractivity contribution in [2.75, 3.05) is 19.7 Å². The fraction of sp³-hybridized carbons (Fsp3) is 1.00. The molecule has 1 fully saturated rings. The molecule has 1 aliphatic rings. The Hall–Kier alpha value is -0.160. The molecule has 4 heteroatoms. The summed E-state index contributed by atoms with van der Waals surface area (Å²) in [4.78, 5) is 0. The first-order chi connectivity index (χ1) is 4.84. The van der Waals surface area contributed by atoms with E-state index in [-0.39, 0.29) is 12.1 Å². The molecule has 0 saturated carbocycles. The first-order valence-corrected chi connectivity index (χ1v) is 3.56. The van der Waals surface area contributed by atoms with Crippen molar-refractivity contribution in [2.45, 2.75) is 19.1 Å². The largest absolute Gasteiger partial charge is 0.374 e. The summed E-state index contributed by atoms with van der Waals surface area (Å²) in [5.41, 5.74) is 2.17. The minimum absolute atomic E-state index is 0.00722. The Labute approximate surface area is 60.5 Å². The molecule has 1 saturated heterocycles. The number of hydroxylamine groups is 1. The Morgan fingerprint density at radius 3 is 3.10 bits per heavy atom. The zero-order valence-corrected chi connectivity index (χ0v) is 6.13. The molecule has 0 amide bonds. The second-order valence-electron chi connectivity index (χ2n) is 2.53. The molecule has 2 unspecified atom stereocenters. The maximum atomic E-state index is 8.53. The van der Waals surface area contributed by atoms with E-state index in [9.17, 15) is 0 Å². The lowest BCUT2D eigenvalue weighted by Crippen LogP contribution is -2.48. The van der Waals surface area contributed by atoms with Crippen molar-refractivity contribution in [3.63, 3.8) is 0 Å². The predicted octanol–water partition coefficient (Wildman–Crippen LogP) is -0.658. The zero-order chi connectivity index (χ0) is 7.40. The Morgan fingerprint density at radius 1 is 1.80 bits per heavy atom. The van der Waals surface area contributed by atoms with Gasteiger partial charge in [0.1, 0.15) is 0 Å². The third kappa shape index (κ3) is 1.91. The first kappa shape index (κ1) is 7.94. The Kier molecular flexibility index (Phi) is 3.08. The molecule has 0 spiro atoms. The van der Waals surface area contributed by atoms with Crippen LogP contribution in [0.2, 0.25) is 0 Å². The van der Waals surface area contributed by atoms with Gasteiger partial charge >= 0.3 is 0 Å². The van der Waals surface area contributed by atoms with Crippen LogP contribution in [-0.4, -0.2) is 37.0 Å². The lowest BCUT2D eigenvalue weighted by molar-refractivity contribution is -0.0242. The van der Waals surface area contributed by atoms with Crippen LogP contribution in [0.1, 0.15) is 6.92 Å². The van der Waals surface area contributed by atoms with Crippen molar-refractivity contribution < 1.29 is 9.94 Å². The molecular formula is C6H14N2O2. The van der Waals surface area contributed by atoms with E-state index in [0.29, 0.717) is 0 Å². The van der Waals surface area contributed by atoms with Gasteiger partial charge in [-0.3, -0.25) is 0 Å². The van der Waals surface area contributed by atoms with Crippen LogP contribution in [0.3, 0.4) is 0 Å². The fourth-order valence-corrected chi connectivity index (χ4v) is 0.990. The molecule has 2 atom stereocenters. The summed E-state index contributed by atoms with van der Waals surface area (Å²) in [6, 6.07) is 0.00722. The third-order valence-corrected chi connectivity index (χ3v) is 1.72. The molecule has 0 aliphatic carbocycles. The second-order valence-corrected chi connectivity index (χ2v) is 2.53. The fourth-order valence-electron chi connectivity index (χ4n) is 0.990. The number of ether oxygens (including phenoxy) is 1. The first-order valence-electron chi connectivity index (χ1n) is 3.56. The molecule has 60 valence electrons. The molecule has 1 aliphatic heterocycles. The summed E-state index contributed by atoms with van der Waals surface area (Å²) in [5.74, 6) is 0. The normalized spacial score (nSPS) is 30.0. The summed E-state index contributed by atoms with van der Waals surface area (Å²) >= 11 is 0. The van der Waals surface area contributed by atoms with E-state index in [1.165, 1.54) is 0 Å². The maximum absolute atomic E-state index is 8.53. The summed E-state index contributed by atoms with van der Waals surface area (Å²) in [6.45, 7) is 4.34. The van der Waals surface area contributed by atoms with Gasteiger partial charge in [0.15, 0.2) is 0 Å². The molecule has 1 rings (SSSR count). The highest BCUT2D eigenvalue weighted by molar-refractivity contribution is 4.74. The van der Waals surface area contributed by atoms with Crippen LogP contribution < -0.4 is 10.8 Å². The Balaban J connectivity index is 2.24. The molecule has 0 aromatic carbocycles. The van der Waals surface area contributed by atoms with Crippen LogP contribution in [0, 0.1) is 0 Å². The van der Waals surface area contributed by atoms with E-state index in [1.807, 2.05) is 6.92 Å². The summed E-state index contributed by atoms with van der Waals surface area (Å²) in [6.07, 6.45) is 0.0961. The standard InChI is InChI=1S/C6H14N2O2/c1-5(8-9)6-4-7-2-3-10-6/h5-9H,2-4H2,1H3. The highest BCUT2D eigenvalue weighted by atomic mass is 16.5. The number of rotatable bonds is 2. The van der Waals surface area contributed by atoms with E-state index in [2.05, 4.69) is 10.8 Å². The molecule has 3 N–H and O–H groups in total. The monoisotopic (exact) mass is 146 g/mol. The zero-order valence-electron chi connectivity index (χ0n) is 6.13. The molecule has 0 radical (unpaired) electrons. The van der Waals surface area contributed by atoms with Crippen molar-refractivity contribution in [2.24, 2.45) is 0 Å². The van der Waals surface area contributed by atoms with Crippen LogP contribution in [0.15, 0.2) is 0 Å². The molecule has 1 heterocycles. The van der Waals surface area contributed by atoms with Crippen LogP contribution >= 0.6 is 0 Å². The van der Waals surface area contributed by atoms with Gasteiger partial charge < -0.3 is 15.3 Å². The van der Waals surface area contributed by atoms with Gasteiger partial charge in [0.05, 0.1) is 18.8 Å². The van der Waals surface area contributed by atoms with E-state index in [4.69, 9.17) is 9.94 Å². The highest BCUT2D eigenvalue weighted by Gasteiger charge is 2.19. The van der Waals surface area contributed by atoms with Crippen LogP contribution in [0.4, 0.5) is 0 Å². The van der Waals surface area contributed by atoms with E-state index >= 15 is 0 Å². The number of hydrogen-bond acceptors (Lipinski definition) is 4. The predicted molar refractivity (Wildman–Crippen MR) is 37.0 cm³/mol. The van der Waals surface area contributed by atoms with Gasteiger partial charge in [-0.25, -0.2) is 5.48 Å². The minimum Gasteiger partial charge on any atom is -0.374 e. The van der Waals surface area contributed by atoms with Crippen LogP contribution in [0.5, 0.6) is 0 Å². The summed E-state index contributed by atoms with van der Waals surface area (Å²) < 4.78 is 5.35. The third-order valence-electron chi connectivity index (χ3n) is 1.72. The van der Waals surface area contributed by atoms with Gasteiger partial charge in [-0.2, -0.15) is 0 Å². The average molecular weight is 146 g/mol. The molecule has 0 aromatic heterocycles. The lowest BCUT2D eigenvalue weighted by Gasteiger charge is -2.27. The molecule has 0 aromatic rings. The van der Waals surface area contributed by atoms with E-state index in [0.717, 1.165) is 19.7 Å². The lowest BCUT2D eigenvalue weighted by atomic mass is 10.2. The number of nitrogens with one attached hydrogen (secondary N) is 2. The van der Waals surface area contributed by atoms with Gasteiger partial charge in [0, 0.05) is 13.1 Å². The molecule has 0 bridgehead atoms. The molecular weight excluding hydrogens is 132 g/mol. The van der Waals surface area contributed by atoms with Crippen molar-refractivity contribution in [1.82, 2.24) is 10.8 Å². The van der Waals surface area contributed by atoms with Gasteiger partial charge in [-0.1, -0.05) is 0 Å². The maximum Gasteiger partial charge on any atom is 0.0872 e. The van der Waals surface area contributed by atoms with Crippen molar-refractivity contribution in [3.8, 4) is 0 Å². The topological polar surface area (TPSA) is 53.5 Å². The summed E-state index contributed by atoms with van der Waals surface area (Å²) in [7, 11) is 0. The van der Waals surface area contributed by atoms with Gasteiger partial charge in [-0.05, 0) is 6.92 Å². The van der Waals surface area contributed by atoms with E-state index < -0.39 is 0 Å². The van der Waals surface area contributed by atoms with Crippen molar-refractivity contribution in [1.29, 1.82) is 0 Å². The molecule has 10 heavy (non-hydrogen) atoms. The minimum atomic E-state index is 0.00722. The number of morpholine rings is 1. The van der Waals surface area contributed by atoms with Crippen LogP contribution in [-0.2, 0) is 4.74 Å². The van der Waals surface area contributed by atoms with E-state index in [1.54, 1.807) is 0 Å². The van der Waals surface area contributed by atoms with Crippen molar-refractivity contribution >= 4 is 0 Å². The smallest absolute Gasteiger partial charge is 0.0872 e. The Bertz CT molecular complexity index is 93.7. The Morgan fingerprint density at radius 2 is 2.60 bits per heavy atom. The van der Waals surface area contributed by atoms with Crippen LogP contribution in [0.25, 0.3) is 0 Å². The number of hydrogen-bond donors (Lipinski definition) is 3. The SMILES string of the molecule is CC(NO)C1CNCCO1. The average Bonchev–Trinajstić information content (AvgIpc) is 2.05. The van der Waals surface area contributed by atoms with Gasteiger partial charge in [-0.15, -0.1) is 0 Å². The van der Waals surface area contributed by atoms with Crippen molar-refractivity contribution in [3.05, 3.63) is 0 Å². The summed E-state index contributed by atoms with van der Waals surface area (Å²) in [5, 5.41) is 11.7. The molecule has 4 nitrogen and oxygen atoms in total. The van der Waals surface area contributed by atoms with Gasteiger partial charge in [0.2, 0.25) is 0 Å². The van der Waals surface area contributed by atoms with Gasteiger partial charge in [0.25, 0.3) is 0 Å². The second kappa shape index (κ2) is 3.88. The highest BCUT2D eigenvalue weighted by Crippen LogP contribution is 2.00.